The number of nitrogens with zero attached hydrogens (tertiary/aromatic N) is 2. The molecule has 0 bridgehead atoms. The monoisotopic (exact) mass is 393 g/mol. The van der Waals surface area contributed by atoms with Gasteiger partial charge in [-0.15, -0.1) is 11.3 Å². The predicted molar refractivity (Wildman–Crippen MR) is 110 cm³/mol. The number of carbonyl (C=O) groups excluding carboxylic acids is 2. The van der Waals surface area contributed by atoms with Gasteiger partial charge in [-0.05, 0) is 44.2 Å². The molecule has 2 heterocycles. The zero-order valence-electron chi connectivity index (χ0n) is 15.7. The van der Waals surface area contributed by atoms with Crippen molar-refractivity contribution in [2.24, 2.45) is 0 Å². The molecule has 0 radical (unpaired) electrons. The molecule has 3 aromatic rings. The predicted octanol–water partition coefficient (Wildman–Crippen LogP) is 4.11. The van der Waals surface area contributed by atoms with E-state index in [0.29, 0.717) is 22.1 Å². The summed E-state index contributed by atoms with van der Waals surface area (Å²) in [4.78, 5) is 30.7. The molecule has 2 aromatic carbocycles. The Morgan fingerprint density at radius 1 is 1.25 bits per heavy atom. The number of nitrogens with one attached hydrogen (secondary N) is 1. The van der Waals surface area contributed by atoms with Crippen molar-refractivity contribution in [3.63, 3.8) is 0 Å². The van der Waals surface area contributed by atoms with Crippen molar-refractivity contribution in [2.75, 3.05) is 17.3 Å². The summed E-state index contributed by atoms with van der Waals surface area (Å²) in [5, 5.41) is 5.24. The smallest absolute Gasteiger partial charge is 0.267 e. The van der Waals surface area contributed by atoms with Crippen molar-refractivity contribution < 1.29 is 14.3 Å². The number of aromatic nitrogens is 1. The quantitative estimate of drug-likeness (QED) is 0.727. The highest BCUT2D eigenvalue weighted by molar-refractivity contribution is 7.14. The zero-order chi connectivity index (χ0) is 19.8. The van der Waals surface area contributed by atoms with Gasteiger partial charge in [-0.3, -0.25) is 14.9 Å². The molecule has 4 rings (SSSR count). The lowest BCUT2D eigenvalue weighted by Crippen LogP contribution is -2.41. The Labute approximate surface area is 166 Å². The van der Waals surface area contributed by atoms with Crippen LogP contribution >= 0.6 is 11.3 Å². The Bertz CT molecular complexity index is 1080. The maximum absolute atomic E-state index is 12.4. The van der Waals surface area contributed by atoms with Crippen LogP contribution in [0.15, 0.2) is 47.8 Å². The maximum atomic E-state index is 12.4. The minimum Gasteiger partial charge on any atom is -0.479 e. The molecule has 1 N–H and O–H groups in total. The van der Waals surface area contributed by atoms with Crippen LogP contribution in [0.2, 0.25) is 0 Å². The SMILES string of the molecule is Cc1cccc(C(=O)Nc2nc(-c3ccc4c(c3)N(C)C(=O)C(C)O4)cs2)c1. The lowest BCUT2D eigenvalue weighted by Gasteiger charge is -2.30. The van der Waals surface area contributed by atoms with Crippen molar-refractivity contribution in [2.45, 2.75) is 20.0 Å². The van der Waals surface area contributed by atoms with Gasteiger partial charge in [0, 0.05) is 23.6 Å². The van der Waals surface area contributed by atoms with Gasteiger partial charge in [0.15, 0.2) is 11.2 Å². The molecule has 0 saturated carbocycles. The summed E-state index contributed by atoms with van der Waals surface area (Å²) in [6.45, 7) is 3.68. The Balaban J connectivity index is 1.57. The first-order chi connectivity index (χ1) is 13.4. The van der Waals surface area contributed by atoms with E-state index in [1.807, 2.05) is 48.7 Å². The number of rotatable bonds is 3. The van der Waals surface area contributed by atoms with Gasteiger partial charge in [0.05, 0.1) is 11.4 Å². The van der Waals surface area contributed by atoms with E-state index in [0.717, 1.165) is 16.8 Å². The number of benzene rings is 2. The summed E-state index contributed by atoms with van der Waals surface area (Å²) in [7, 11) is 1.73. The van der Waals surface area contributed by atoms with Crippen molar-refractivity contribution in [3.05, 3.63) is 59.0 Å². The number of ether oxygens (including phenoxy) is 1. The number of fused-ring (bicyclic) bond motifs is 1. The van der Waals surface area contributed by atoms with Crippen LogP contribution in [0.25, 0.3) is 11.3 Å². The van der Waals surface area contributed by atoms with E-state index in [1.165, 1.54) is 11.3 Å². The van der Waals surface area contributed by atoms with Gasteiger partial charge in [0.1, 0.15) is 5.75 Å². The summed E-state index contributed by atoms with van der Waals surface area (Å²) >= 11 is 1.36. The first kappa shape index (κ1) is 18.2. The highest BCUT2D eigenvalue weighted by atomic mass is 32.1. The first-order valence-corrected chi connectivity index (χ1v) is 9.72. The lowest BCUT2D eigenvalue weighted by molar-refractivity contribution is -0.125. The zero-order valence-corrected chi connectivity index (χ0v) is 16.5. The third-order valence-electron chi connectivity index (χ3n) is 4.60. The van der Waals surface area contributed by atoms with Crippen LogP contribution in [0.5, 0.6) is 5.75 Å². The minimum absolute atomic E-state index is 0.0889. The van der Waals surface area contributed by atoms with Crippen LogP contribution in [-0.4, -0.2) is 29.9 Å². The summed E-state index contributed by atoms with van der Waals surface area (Å²) < 4.78 is 5.66. The summed E-state index contributed by atoms with van der Waals surface area (Å²) in [5.74, 6) is 0.387. The number of hydrogen-bond donors (Lipinski definition) is 1. The van der Waals surface area contributed by atoms with Crippen molar-refractivity contribution in [1.29, 1.82) is 0 Å². The summed E-state index contributed by atoms with van der Waals surface area (Å²) in [5.41, 5.74) is 3.91. The van der Waals surface area contributed by atoms with E-state index in [4.69, 9.17) is 4.74 Å². The van der Waals surface area contributed by atoms with Crippen molar-refractivity contribution >= 4 is 34.0 Å². The van der Waals surface area contributed by atoms with Crippen LogP contribution in [0.4, 0.5) is 10.8 Å². The second-order valence-corrected chi connectivity index (χ2v) is 7.56. The number of thiazole rings is 1. The number of aryl methyl sites for hydroxylation is 1. The van der Waals surface area contributed by atoms with E-state index in [9.17, 15) is 9.59 Å². The molecule has 0 saturated heterocycles. The van der Waals surface area contributed by atoms with Gasteiger partial charge in [-0.2, -0.15) is 0 Å². The van der Waals surface area contributed by atoms with Gasteiger partial charge in [0.25, 0.3) is 11.8 Å². The summed E-state index contributed by atoms with van der Waals surface area (Å²) in [6.07, 6.45) is -0.494. The fraction of sp³-hybridized carbons (Fsp3) is 0.190. The minimum atomic E-state index is -0.494. The molecule has 0 spiro atoms. The molecular formula is C21H19N3O3S. The Morgan fingerprint density at radius 2 is 2.07 bits per heavy atom. The van der Waals surface area contributed by atoms with Gasteiger partial charge in [-0.25, -0.2) is 4.98 Å². The molecule has 1 atom stereocenters. The van der Waals surface area contributed by atoms with Crippen LogP contribution in [0, 0.1) is 6.92 Å². The maximum Gasteiger partial charge on any atom is 0.267 e. The van der Waals surface area contributed by atoms with Gasteiger partial charge >= 0.3 is 0 Å². The van der Waals surface area contributed by atoms with E-state index in [2.05, 4.69) is 10.3 Å². The largest absolute Gasteiger partial charge is 0.479 e. The molecule has 0 fully saturated rings. The van der Waals surface area contributed by atoms with Crippen LogP contribution in [0.3, 0.4) is 0 Å². The standard InChI is InChI=1S/C21H19N3O3S/c1-12-5-4-6-15(9-12)19(25)23-21-22-16(11-28-21)14-7-8-18-17(10-14)24(3)20(26)13(2)27-18/h4-11,13H,1-3H3,(H,22,23,25). The van der Waals surface area contributed by atoms with Crippen LogP contribution in [0.1, 0.15) is 22.8 Å². The lowest BCUT2D eigenvalue weighted by atomic mass is 10.1. The highest BCUT2D eigenvalue weighted by Gasteiger charge is 2.29. The van der Waals surface area contributed by atoms with Gasteiger partial charge in [0.2, 0.25) is 0 Å². The molecule has 28 heavy (non-hydrogen) atoms. The number of amides is 2. The number of likely N-dealkylation sites (N-methyl/N-ethyl adjacent to an activating group) is 1. The number of carbonyl (C=O) groups is 2. The Morgan fingerprint density at radius 3 is 2.86 bits per heavy atom. The highest BCUT2D eigenvalue weighted by Crippen LogP contribution is 2.37. The van der Waals surface area contributed by atoms with Crippen molar-refractivity contribution in [1.82, 2.24) is 4.98 Å². The fourth-order valence-corrected chi connectivity index (χ4v) is 3.80. The van der Waals surface area contributed by atoms with Crippen LogP contribution < -0.4 is 15.0 Å². The average Bonchev–Trinajstić information content (AvgIpc) is 3.14. The molecule has 2 amide bonds. The van der Waals surface area contributed by atoms with Gasteiger partial charge < -0.3 is 9.64 Å². The topological polar surface area (TPSA) is 71.5 Å². The second kappa shape index (κ2) is 7.09. The number of hydrogen-bond acceptors (Lipinski definition) is 5. The molecule has 1 aliphatic rings. The normalized spacial score (nSPS) is 15.8. The molecule has 6 nitrogen and oxygen atoms in total. The fourth-order valence-electron chi connectivity index (χ4n) is 3.09. The van der Waals surface area contributed by atoms with E-state index in [1.54, 1.807) is 24.9 Å². The molecule has 0 aliphatic carbocycles. The van der Waals surface area contributed by atoms with Crippen molar-refractivity contribution in [3.8, 4) is 17.0 Å². The van der Waals surface area contributed by atoms with E-state index in [-0.39, 0.29) is 11.8 Å². The molecule has 7 heteroatoms. The first-order valence-electron chi connectivity index (χ1n) is 8.84. The Kier molecular flexibility index (Phi) is 4.60. The third kappa shape index (κ3) is 3.36. The molecular weight excluding hydrogens is 374 g/mol. The molecule has 142 valence electrons. The second-order valence-electron chi connectivity index (χ2n) is 6.70. The third-order valence-corrected chi connectivity index (χ3v) is 5.36. The molecule has 1 aliphatic heterocycles. The van der Waals surface area contributed by atoms with E-state index >= 15 is 0 Å². The van der Waals surface area contributed by atoms with Gasteiger partial charge in [-0.1, -0.05) is 17.7 Å². The van der Waals surface area contributed by atoms with Crippen LogP contribution in [-0.2, 0) is 4.79 Å². The molecule has 1 unspecified atom stereocenters. The average molecular weight is 393 g/mol. The number of anilines is 2. The van der Waals surface area contributed by atoms with E-state index < -0.39 is 6.10 Å². The summed E-state index contributed by atoms with van der Waals surface area (Å²) in [6, 6.07) is 13.0. The molecule has 1 aromatic heterocycles. The Hall–Kier alpha value is -3.19.